The Morgan fingerprint density at radius 2 is 1.72 bits per heavy atom. The van der Waals surface area contributed by atoms with Crippen molar-refractivity contribution >= 4 is 17.5 Å². The van der Waals surface area contributed by atoms with E-state index in [2.05, 4.69) is 49.1 Å². The molecule has 0 saturated carbocycles. The molecule has 7 heteroatoms. The maximum absolute atomic E-state index is 4.69. The zero-order valence-electron chi connectivity index (χ0n) is 16.8. The molecule has 29 heavy (non-hydrogen) atoms. The molecule has 0 radical (unpaired) electrons. The van der Waals surface area contributed by atoms with E-state index in [-0.39, 0.29) is 0 Å². The molecule has 1 saturated heterocycles. The van der Waals surface area contributed by atoms with Crippen LogP contribution in [0, 0.1) is 0 Å². The minimum atomic E-state index is 0.692. The Balaban J connectivity index is 1.43. The highest BCUT2D eigenvalue weighted by Crippen LogP contribution is 2.22. The van der Waals surface area contributed by atoms with Gasteiger partial charge in [0.1, 0.15) is 23.8 Å². The van der Waals surface area contributed by atoms with Crippen LogP contribution >= 0.6 is 0 Å². The predicted octanol–water partition coefficient (Wildman–Crippen LogP) is 3.16. The van der Waals surface area contributed by atoms with Gasteiger partial charge in [0.05, 0.1) is 0 Å². The zero-order chi connectivity index (χ0) is 19.9. The van der Waals surface area contributed by atoms with E-state index in [1.54, 1.807) is 6.33 Å². The lowest BCUT2D eigenvalue weighted by molar-refractivity contribution is 0.639. The van der Waals surface area contributed by atoms with Crippen molar-refractivity contribution in [3.8, 4) is 0 Å². The Morgan fingerprint density at radius 1 is 0.897 bits per heavy atom. The maximum atomic E-state index is 4.69. The number of hydrogen-bond donors (Lipinski definition) is 1. The summed E-state index contributed by atoms with van der Waals surface area (Å²) in [5.74, 6) is 3.01. The van der Waals surface area contributed by atoms with Crippen molar-refractivity contribution < 1.29 is 0 Å². The van der Waals surface area contributed by atoms with E-state index in [1.807, 2.05) is 36.8 Å². The fraction of sp³-hybridized carbons (Fsp3) is 0.364. The number of hydrogen-bond acceptors (Lipinski definition) is 7. The molecule has 0 unspecified atom stereocenters. The first-order valence-corrected chi connectivity index (χ1v) is 10.2. The number of pyridine rings is 2. The lowest BCUT2D eigenvalue weighted by atomic mass is 10.1. The van der Waals surface area contributed by atoms with Crippen LogP contribution in [0.15, 0.2) is 55.2 Å². The summed E-state index contributed by atoms with van der Waals surface area (Å²) in [6.07, 6.45) is 9.27. The quantitative estimate of drug-likeness (QED) is 0.665. The Morgan fingerprint density at radius 3 is 2.52 bits per heavy atom. The van der Waals surface area contributed by atoms with Crippen molar-refractivity contribution in [3.05, 3.63) is 66.4 Å². The van der Waals surface area contributed by atoms with Gasteiger partial charge in [0.15, 0.2) is 0 Å². The average molecular weight is 390 g/mol. The fourth-order valence-corrected chi connectivity index (χ4v) is 3.69. The van der Waals surface area contributed by atoms with Crippen LogP contribution in [-0.4, -0.2) is 46.1 Å². The van der Waals surface area contributed by atoms with Gasteiger partial charge >= 0.3 is 0 Å². The second kappa shape index (κ2) is 9.32. The molecular weight excluding hydrogens is 362 g/mol. The van der Waals surface area contributed by atoms with Crippen LogP contribution in [0.25, 0.3) is 0 Å². The highest BCUT2D eigenvalue weighted by molar-refractivity contribution is 5.52. The third-order valence-corrected chi connectivity index (χ3v) is 5.17. The molecule has 1 aliphatic heterocycles. The number of piperazine rings is 1. The monoisotopic (exact) mass is 389 g/mol. The molecule has 150 valence electrons. The highest BCUT2D eigenvalue weighted by Gasteiger charge is 2.20. The summed E-state index contributed by atoms with van der Waals surface area (Å²) in [5.41, 5.74) is 2.34. The highest BCUT2D eigenvalue weighted by atomic mass is 15.3. The summed E-state index contributed by atoms with van der Waals surface area (Å²) in [6.45, 7) is 6.59. The molecule has 7 nitrogen and oxygen atoms in total. The van der Waals surface area contributed by atoms with Crippen LogP contribution < -0.4 is 15.1 Å². The zero-order valence-corrected chi connectivity index (χ0v) is 16.8. The van der Waals surface area contributed by atoms with Crippen LogP contribution in [0.3, 0.4) is 0 Å². The molecule has 0 atom stereocenters. The largest absolute Gasteiger partial charge is 0.366 e. The van der Waals surface area contributed by atoms with Crippen molar-refractivity contribution in [2.45, 2.75) is 26.3 Å². The van der Waals surface area contributed by atoms with Crippen LogP contribution in [0.5, 0.6) is 0 Å². The maximum Gasteiger partial charge on any atom is 0.133 e. The minimum absolute atomic E-state index is 0.692. The first-order chi connectivity index (χ1) is 14.3. The lowest BCUT2D eigenvalue weighted by Crippen LogP contribution is -2.47. The molecule has 3 aromatic heterocycles. The van der Waals surface area contributed by atoms with Crippen molar-refractivity contribution in [2.75, 3.05) is 41.3 Å². The van der Waals surface area contributed by atoms with E-state index in [4.69, 9.17) is 4.98 Å². The van der Waals surface area contributed by atoms with E-state index >= 15 is 0 Å². The van der Waals surface area contributed by atoms with E-state index in [1.165, 1.54) is 5.56 Å². The third-order valence-electron chi connectivity index (χ3n) is 5.17. The van der Waals surface area contributed by atoms with Crippen LogP contribution in [-0.2, 0) is 13.0 Å². The number of aryl methyl sites for hydroxylation is 1. The molecule has 1 N–H and O–H groups in total. The van der Waals surface area contributed by atoms with Gasteiger partial charge in [-0.15, -0.1) is 0 Å². The molecule has 4 rings (SSSR count). The molecule has 0 spiro atoms. The topological polar surface area (TPSA) is 70.1 Å². The van der Waals surface area contributed by atoms with Crippen LogP contribution in [0.4, 0.5) is 17.5 Å². The molecule has 0 amide bonds. The Hall–Kier alpha value is -3.22. The number of nitrogens with zero attached hydrogens (tertiary/aromatic N) is 6. The summed E-state index contributed by atoms with van der Waals surface area (Å²) >= 11 is 0. The summed E-state index contributed by atoms with van der Waals surface area (Å²) in [7, 11) is 0. The number of anilines is 3. The summed E-state index contributed by atoms with van der Waals surface area (Å²) < 4.78 is 0. The van der Waals surface area contributed by atoms with Crippen molar-refractivity contribution in [1.82, 2.24) is 19.9 Å². The Bertz CT molecular complexity index is 908. The van der Waals surface area contributed by atoms with Gasteiger partial charge in [-0.2, -0.15) is 0 Å². The summed E-state index contributed by atoms with van der Waals surface area (Å²) in [4.78, 5) is 22.4. The Labute approximate surface area is 171 Å². The van der Waals surface area contributed by atoms with E-state index < -0.39 is 0 Å². The van der Waals surface area contributed by atoms with Crippen molar-refractivity contribution in [1.29, 1.82) is 0 Å². The molecular formula is C22H27N7. The van der Waals surface area contributed by atoms with Gasteiger partial charge < -0.3 is 15.1 Å². The molecule has 0 aliphatic carbocycles. The van der Waals surface area contributed by atoms with Crippen molar-refractivity contribution in [2.24, 2.45) is 0 Å². The number of aromatic nitrogens is 4. The lowest BCUT2D eigenvalue weighted by Gasteiger charge is -2.36. The first-order valence-electron chi connectivity index (χ1n) is 10.2. The van der Waals surface area contributed by atoms with Gasteiger partial charge in [-0.25, -0.2) is 19.9 Å². The molecule has 0 aromatic carbocycles. The van der Waals surface area contributed by atoms with Gasteiger partial charge in [-0.05, 0) is 24.6 Å². The minimum Gasteiger partial charge on any atom is -0.366 e. The molecule has 4 heterocycles. The van der Waals surface area contributed by atoms with Crippen LogP contribution in [0.2, 0.25) is 0 Å². The third kappa shape index (κ3) is 4.62. The molecule has 1 fully saturated rings. The van der Waals surface area contributed by atoms with Gasteiger partial charge in [-0.3, -0.25) is 0 Å². The molecule has 1 aliphatic rings. The summed E-state index contributed by atoms with van der Waals surface area (Å²) in [6, 6.07) is 10.2. The second-order valence-electron chi connectivity index (χ2n) is 7.15. The Kier molecular flexibility index (Phi) is 6.14. The predicted molar refractivity (Wildman–Crippen MR) is 116 cm³/mol. The average Bonchev–Trinajstić information content (AvgIpc) is 2.80. The normalized spacial score (nSPS) is 14.1. The van der Waals surface area contributed by atoms with Gasteiger partial charge in [-0.1, -0.05) is 25.5 Å². The van der Waals surface area contributed by atoms with Crippen LogP contribution in [0.1, 0.15) is 24.5 Å². The standard InChI is InChI=1S/C22H27N7/c1-2-6-18-15-23-17-27-21(18)26-16-19-7-5-10-25-22(19)29-13-11-28(12-14-29)20-8-3-4-9-24-20/h3-5,7-10,15,17H,2,6,11-14,16H2,1H3,(H,23,26,27). The molecule has 0 bridgehead atoms. The van der Waals surface area contributed by atoms with Gasteiger partial charge in [0.2, 0.25) is 0 Å². The van der Waals surface area contributed by atoms with Gasteiger partial charge in [0, 0.05) is 62.4 Å². The van der Waals surface area contributed by atoms with E-state index in [0.717, 1.165) is 62.0 Å². The fourth-order valence-electron chi connectivity index (χ4n) is 3.69. The number of rotatable bonds is 7. The number of nitrogens with one attached hydrogen (secondary N) is 1. The smallest absolute Gasteiger partial charge is 0.133 e. The van der Waals surface area contributed by atoms with Crippen molar-refractivity contribution in [3.63, 3.8) is 0 Å². The van der Waals surface area contributed by atoms with E-state index in [0.29, 0.717) is 6.54 Å². The summed E-state index contributed by atoms with van der Waals surface area (Å²) in [5, 5.41) is 3.49. The SMILES string of the molecule is CCCc1cncnc1NCc1cccnc1N1CCN(c2ccccn2)CC1. The van der Waals surface area contributed by atoms with E-state index in [9.17, 15) is 0 Å². The first kappa shape index (κ1) is 19.1. The molecule has 3 aromatic rings. The van der Waals surface area contributed by atoms with Gasteiger partial charge in [0.25, 0.3) is 0 Å². The second-order valence-corrected chi connectivity index (χ2v) is 7.15.